The molecule has 2 saturated heterocycles. The molecule has 1 saturated carbocycles. The molecule has 1 N–H and O–H groups in total. The molecule has 0 unspecified atom stereocenters. The van der Waals surface area contributed by atoms with E-state index in [2.05, 4.69) is 17.1 Å². The van der Waals surface area contributed by atoms with Crippen LogP contribution < -0.4 is 5.32 Å². The predicted octanol–water partition coefficient (Wildman–Crippen LogP) is 1.78. The van der Waals surface area contributed by atoms with Crippen molar-refractivity contribution in [2.45, 2.75) is 45.4 Å². The Hall–Kier alpha value is -0.570. The molecule has 0 aromatic rings. The van der Waals surface area contributed by atoms with E-state index in [9.17, 15) is 4.79 Å². The normalized spacial score (nSPS) is 29.6. The molecule has 3 rings (SSSR count). The first kappa shape index (κ1) is 11.5. The quantitative estimate of drug-likeness (QED) is 0.792. The Morgan fingerprint density at radius 1 is 1.18 bits per heavy atom. The van der Waals surface area contributed by atoms with Crippen molar-refractivity contribution in [1.29, 1.82) is 0 Å². The van der Waals surface area contributed by atoms with E-state index in [0.29, 0.717) is 11.3 Å². The first-order valence-electron chi connectivity index (χ1n) is 7.20. The minimum Gasteiger partial charge on any atom is -0.342 e. The van der Waals surface area contributed by atoms with Gasteiger partial charge in [0.1, 0.15) is 0 Å². The van der Waals surface area contributed by atoms with Crippen LogP contribution in [0.1, 0.15) is 45.4 Å². The third kappa shape index (κ3) is 1.88. The molecule has 0 bridgehead atoms. The maximum absolute atomic E-state index is 12.4. The first-order valence-corrected chi connectivity index (χ1v) is 7.20. The molecule has 3 fully saturated rings. The largest absolute Gasteiger partial charge is 0.342 e. The Morgan fingerprint density at radius 3 is 2.35 bits per heavy atom. The third-order valence-electron chi connectivity index (χ3n) is 5.43. The molecule has 0 aromatic carbocycles. The number of amides is 1. The van der Waals surface area contributed by atoms with E-state index in [1.807, 2.05) is 0 Å². The molecular weight excluding hydrogens is 212 g/mol. The first-order chi connectivity index (χ1) is 8.20. The van der Waals surface area contributed by atoms with E-state index in [1.165, 1.54) is 32.4 Å². The molecule has 2 heterocycles. The van der Waals surface area contributed by atoms with Crippen LogP contribution in [0, 0.1) is 10.8 Å². The number of rotatable bonds is 2. The summed E-state index contributed by atoms with van der Waals surface area (Å²) in [5.41, 5.74) is 0.595. The van der Waals surface area contributed by atoms with Crippen LogP contribution in [0.15, 0.2) is 0 Å². The minimum absolute atomic E-state index is 0.0679. The fraction of sp³-hybridized carbons (Fsp3) is 0.929. The Morgan fingerprint density at radius 2 is 1.88 bits per heavy atom. The van der Waals surface area contributed by atoms with Crippen molar-refractivity contribution in [1.82, 2.24) is 10.2 Å². The molecule has 96 valence electrons. The van der Waals surface area contributed by atoms with Gasteiger partial charge in [-0.15, -0.1) is 0 Å². The van der Waals surface area contributed by atoms with E-state index in [1.54, 1.807) is 0 Å². The molecule has 1 aliphatic carbocycles. The van der Waals surface area contributed by atoms with Crippen molar-refractivity contribution in [3.63, 3.8) is 0 Å². The molecule has 1 amide bonds. The van der Waals surface area contributed by atoms with Crippen molar-refractivity contribution in [3.05, 3.63) is 0 Å². The average molecular weight is 236 g/mol. The highest BCUT2D eigenvalue weighted by atomic mass is 16.2. The number of carbonyl (C=O) groups is 1. The van der Waals surface area contributed by atoms with Gasteiger partial charge in [0.25, 0.3) is 0 Å². The number of nitrogens with one attached hydrogen (secondary N) is 1. The average Bonchev–Trinajstić information content (AvgIpc) is 3.06. The third-order valence-corrected chi connectivity index (χ3v) is 5.43. The van der Waals surface area contributed by atoms with Gasteiger partial charge in [0.05, 0.1) is 0 Å². The van der Waals surface area contributed by atoms with Gasteiger partial charge in [-0.1, -0.05) is 6.92 Å². The lowest BCUT2D eigenvalue weighted by Crippen LogP contribution is -2.46. The van der Waals surface area contributed by atoms with Crippen LogP contribution in [0.3, 0.4) is 0 Å². The molecule has 0 atom stereocenters. The van der Waals surface area contributed by atoms with Crippen molar-refractivity contribution < 1.29 is 4.79 Å². The summed E-state index contributed by atoms with van der Waals surface area (Å²) in [5, 5.41) is 3.48. The van der Waals surface area contributed by atoms with E-state index in [4.69, 9.17) is 0 Å². The van der Waals surface area contributed by atoms with Crippen LogP contribution in [0.4, 0.5) is 0 Å². The van der Waals surface area contributed by atoms with Crippen molar-refractivity contribution in [2.75, 3.05) is 26.2 Å². The van der Waals surface area contributed by atoms with Gasteiger partial charge in [-0.3, -0.25) is 4.79 Å². The number of carbonyl (C=O) groups excluding carboxylic acids is 1. The van der Waals surface area contributed by atoms with Crippen LogP contribution in [0.2, 0.25) is 0 Å². The molecule has 3 heteroatoms. The Labute approximate surface area is 104 Å². The lowest BCUT2D eigenvalue weighted by molar-refractivity contribution is -0.139. The van der Waals surface area contributed by atoms with Gasteiger partial charge in [-0.2, -0.15) is 0 Å². The van der Waals surface area contributed by atoms with Crippen molar-refractivity contribution in [3.8, 4) is 0 Å². The molecule has 0 radical (unpaired) electrons. The van der Waals surface area contributed by atoms with Crippen LogP contribution in [-0.2, 0) is 4.79 Å². The van der Waals surface area contributed by atoms with Gasteiger partial charge in [-0.25, -0.2) is 0 Å². The molecule has 0 aromatic heterocycles. The molecule has 17 heavy (non-hydrogen) atoms. The smallest absolute Gasteiger partial charge is 0.228 e. The summed E-state index contributed by atoms with van der Waals surface area (Å²) < 4.78 is 0. The number of hydrogen-bond acceptors (Lipinski definition) is 2. The van der Waals surface area contributed by atoms with Crippen molar-refractivity contribution in [2.24, 2.45) is 10.8 Å². The minimum atomic E-state index is 0.0679. The Balaban J connectivity index is 1.59. The number of likely N-dealkylation sites (tertiary alicyclic amines) is 1. The molecule has 2 aliphatic heterocycles. The van der Waals surface area contributed by atoms with Crippen LogP contribution in [0.25, 0.3) is 0 Å². The van der Waals surface area contributed by atoms with Crippen LogP contribution >= 0.6 is 0 Å². The maximum Gasteiger partial charge on any atom is 0.228 e. The summed E-state index contributed by atoms with van der Waals surface area (Å²) in [6.45, 7) is 6.52. The standard InChI is InChI=1S/C14H24N2O/c1-2-14(3-4-14)12(17)16-9-6-13(7-10-16)5-8-15-11-13/h15H,2-11H2,1H3. The zero-order valence-electron chi connectivity index (χ0n) is 10.9. The van der Waals surface area contributed by atoms with Gasteiger partial charge < -0.3 is 10.2 Å². The Kier molecular flexibility index (Phi) is 2.69. The zero-order chi connectivity index (χ0) is 11.9. The topological polar surface area (TPSA) is 32.3 Å². The van der Waals surface area contributed by atoms with E-state index >= 15 is 0 Å². The van der Waals surface area contributed by atoms with Crippen LogP contribution in [-0.4, -0.2) is 37.0 Å². The van der Waals surface area contributed by atoms with Crippen molar-refractivity contribution >= 4 is 5.91 Å². The number of piperidine rings is 1. The lowest BCUT2D eigenvalue weighted by atomic mass is 9.77. The van der Waals surface area contributed by atoms with Gasteiger partial charge in [-0.05, 0) is 50.5 Å². The highest BCUT2D eigenvalue weighted by molar-refractivity contribution is 5.85. The summed E-state index contributed by atoms with van der Waals surface area (Å²) in [6, 6.07) is 0. The molecule has 3 nitrogen and oxygen atoms in total. The fourth-order valence-electron chi connectivity index (χ4n) is 3.61. The summed E-state index contributed by atoms with van der Waals surface area (Å²) in [7, 11) is 0. The number of hydrogen-bond donors (Lipinski definition) is 1. The number of nitrogens with zero attached hydrogens (tertiary/aromatic N) is 1. The highest BCUT2D eigenvalue weighted by Gasteiger charge is 2.51. The van der Waals surface area contributed by atoms with Gasteiger partial charge >= 0.3 is 0 Å². The van der Waals surface area contributed by atoms with E-state index < -0.39 is 0 Å². The van der Waals surface area contributed by atoms with Crippen LogP contribution in [0.5, 0.6) is 0 Å². The second-order valence-electron chi connectivity index (χ2n) is 6.35. The summed E-state index contributed by atoms with van der Waals surface area (Å²) in [4.78, 5) is 14.6. The zero-order valence-corrected chi connectivity index (χ0v) is 10.9. The summed E-state index contributed by atoms with van der Waals surface area (Å²) in [6.07, 6.45) is 7.04. The maximum atomic E-state index is 12.4. The molecule has 1 spiro atoms. The monoisotopic (exact) mass is 236 g/mol. The summed E-state index contributed by atoms with van der Waals surface area (Å²) in [5.74, 6) is 0.459. The SMILES string of the molecule is CCC1(C(=O)N2CCC3(CCNC3)CC2)CC1. The highest BCUT2D eigenvalue weighted by Crippen LogP contribution is 2.51. The lowest BCUT2D eigenvalue weighted by Gasteiger charge is -2.40. The van der Waals surface area contributed by atoms with Gasteiger partial charge in [0.2, 0.25) is 5.91 Å². The summed E-state index contributed by atoms with van der Waals surface area (Å²) >= 11 is 0. The molecular formula is C14H24N2O. The molecule has 3 aliphatic rings. The fourth-order valence-corrected chi connectivity index (χ4v) is 3.61. The van der Waals surface area contributed by atoms with Gasteiger partial charge in [0, 0.05) is 25.0 Å². The predicted molar refractivity (Wildman–Crippen MR) is 67.7 cm³/mol. The van der Waals surface area contributed by atoms with Gasteiger partial charge in [0.15, 0.2) is 0 Å². The van der Waals surface area contributed by atoms with E-state index in [0.717, 1.165) is 32.4 Å². The second kappa shape index (κ2) is 3.98. The Bertz CT molecular complexity index is 306. The second-order valence-corrected chi connectivity index (χ2v) is 6.35. The van der Waals surface area contributed by atoms with E-state index in [-0.39, 0.29) is 5.41 Å².